The van der Waals surface area contributed by atoms with Crippen LogP contribution in [0.25, 0.3) is 0 Å². The number of piperidine rings is 1. The van der Waals surface area contributed by atoms with Crippen molar-refractivity contribution in [2.24, 2.45) is 13.0 Å². The third kappa shape index (κ3) is 3.44. The third-order valence-electron chi connectivity index (χ3n) is 5.47. The normalized spacial score (nSPS) is 21.2. The molecule has 6 nitrogen and oxygen atoms in total. The van der Waals surface area contributed by atoms with Crippen molar-refractivity contribution in [3.05, 3.63) is 47.5 Å². The molecule has 3 heterocycles. The largest absolute Gasteiger partial charge is 0.338 e. The van der Waals surface area contributed by atoms with Gasteiger partial charge in [-0.2, -0.15) is 5.10 Å². The molecule has 1 amide bonds. The molecular formula is C19H25N5O. The van der Waals surface area contributed by atoms with Crippen molar-refractivity contribution in [1.29, 1.82) is 0 Å². The van der Waals surface area contributed by atoms with E-state index in [2.05, 4.69) is 44.1 Å². The molecule has 0 bridgehead atoms. The zero-order chi connectivity index (χ0) is 17.2. The summed E-state index contributed by atoms with van der Waals surface area (Å²) in [6.07, 6.45) is 4.62. The smallest absolute Gasteiger partial charge is 0.227 e. The molecule has 4 rings (SSSR count). The predicted molar refractivity (Wildman–Crippen MR) is 94.6 cm³/mol. The van der Waals surface area contributed by atoms with Gasteiger partial charge in [0.25, 0.3) is 0 Å². The molecule has 1 aromatic carbocycles. The van der Waals surface area contributed by atoms with E-state index in [1.165, 1.54) is 11.1 Å². The number of rotatable bonds is 3. The lowest BCUT2D eigenvalue weighted by Crippen LogP contribution is -2.46. The summed E-state index contributed by atoms with van der Waals surface area (Å²) in [5.74, 6) is 1.38. The van der Waals surface area contributed by atoms with Crippen LogP contribution in [-0.2, 0) is 31.4 Å². The first-order chi connectivity index (χ1) is 12.2. The van der Waals surface area contributed by atoms with Gasteiger partial charge in [-0.15, -0.1) is 0 Å². The Morgan fingerprint density at radius 2 is 2.08 bits per heavy atom. The molecule has 1 unspecified atom stereocenters. The molecule has 2 aliphatic heterocycles. The quantitative estimate of drug-likeness (QED) is 0.853. The first-order valence-electron chi connectivity index (χ1n) is 9.11. The second-order valence-corrected chi connectivity index (χ2v) is 7.15. The van der Waals surface area contributed by atoms with Gasteiger partial charge in [-0.1, -0.05) is 24.3 Å². The molecule has 25 heavy (non-hydrogen) atoms. The molecule has 2 aliphatic rings. The number of nitrogens with zero attached hydrogens (tertiary/aromatic N) is 5. The standard InChI is InChI=1S/C19H25N5O/c1-22-18(20-14-21-22)13-23-9-4-7-17(11-23)19(25)24-10-8-15-5-2-3-6-16(15)12-24/h2-3,5-6,14,17H,4,7-13H2,1H3. The number of fused-ring (bicyclic) bond motifs is 1. The average Bonchev–Trinajstić information content (AvgIpc) is 3.05. The molecular weight excluding hydrogens is 314 g/mol. The fraction of sp³-hybridized carbons (Fsp3) is 0.526. The second-order valence-electron chi connectivity index (χ2n) is 7.15. The van der Waals surface area contributed by atoms with E-state index >= 15 is 0 Å². The molecule has 132 valence electrons. The Hall–Kier alpha value is -2.21. The SMILES string of the molecule is Cn1ncnc1CN1CCCC(C(=O)N2CCc3ccccc3C2)C1. The van der Waals surface area contributed by atoms with Crippen LogP contribution < -0.4 is 0 Å². The van der Waals surface area contributed by atoms with Crippen LogP contribution in [0.2, 0.25) is 0 Å². The summed E-state index contributed by atoms with van der Waals surface area (Å²) in [4.78, 5) is 21.7. The maximum Gasteiger partial charge on any atom is 0.227 e. The van der Waals surface area contributed by atoms with Gasteiger partial charge in [0.2, 0.25) is 5.91 Å². The van der Waals surface area contributed by atoms with Crippen LogP contribution in [0.15, 0.2) is 30.6 Å². The van der Waals surface area contributed by atoms with Gasteiger partial charge >= 0.3 is 0 Å². The van der Waals surface area contributed by atoms with Gasteiger partial charge in [-0.05, 0) is 36.9 Å². The van der Waals surface area contributed by atoms with Crippen molar-refractivity contribution < 1.29 is 4.79 Å². The number of hydrogen-bond acceptors (Lipinski definition) is 4. The number of amides is 1. The Morgan fingerprint density at radius 1 is 1.24 bits per heavy atom. The Balaban J connectivity index is 1.40. The summed E-state index contributed by atoms with van der Waals surface area (Å²) in [6.45, 7) is 4.22. The summed E-state index contributed by atoms with van der Waals surface area (Å²) in [5.41, 5.74) is 2.69. The molecule has 0 saturated carbocycles. The highest BCUT2D eigenvalue weighted by molar-refractivity contribution is 5.79. The molecule has 2 aromatic rings. The van der Waals surface area contributed by atoms with E-state index in [0.717, 1.165) is 57.8 Å². The number of aryl methyl sites for hydroxylation is 1. The third-order valence-corrected chi connectivity index (χ3v) is 5.47. The molecule has 6 heteroatoms. The Kier molecular flexibility index (Phi) is 4.53. The van der Waals surface area contributed by atoms with Crippen LogP contribution >= 0.6 is 0 Å². The summed E-state index contributed by atoms with van der Waals surface area (Å²) >= 11 is 0. The lowest BCUT2D eigenvalue weighted by atomic mass is 9.94. The van der Waals surface area contributed by atoms with Gasteiger partial charge in [-0.25, -0.2) is 4.98 Å². The molecule has 0 radical (unpaired) electrons. The van der Waals surface area contributed by atoms with Gasteiger partial charge in [0.15, 0.2) is 0 Å². The average molecular weight is 339 g/mol. The molecule has 0 aliphatic carbocycles. The summed E-state index contributed by atoms with van der Waals surface area (Å²) in [6, 6.07) is 8.48. The highest BCUT2D eigenvalue weighted by Crippen LogP contribution is 2.24. The number of hydrogen-bond donors (Lipinski definition) is 0. The van der Waals surface area contributed by atoms with Gasteiger partial charge in [0, 0.05) is 26.7 Å². The number of carbonyl (C=O) groups excluding carboxylic acids is 1. The van der Waals surface area contributed by atoms with E-state index in [1.54, 1.807) is 6.33 Å². The van der Waals surface area contributed by atoms with Crippen LogP contribution in [-0.4, -0.2) is 50.1 Å². The van der Waals surface area contributed by atoms with Crippen molar-refractivity contribution in [3.63, 3.8) is 0 Å². The lowest BCUT2D eigenvalue weighted by Gasteiger charge is -2.36. The zero-order valence-electron chi connectivity index (χ0n) is 14.8. The van der Waals surface area contributed by atoms with Gasteiger partial charge in [0.05, 0.1) is 12.5 Å². The fourth-order valence-corrected chi connectivity index (χ4v) is 4.01. The monoisotopic (exact) mass is 339 g/mol. The molecule has 1 fully saturated rings. The molecule has 0 spiro atoms. The minimum atomic E-state index is 0.104. The minimum Gasteiger partial charge on any atom is -0.338 e. The Bertz CT molecular complexity index is 756. The summed E-state index contributed by atoms with van der Waals surface area (Å²) in [5, 5.41) is 4.13. The highest BCUT2D eigenvalue weighted by Gasteiger charge is 2.31. The van der Waals surface area contributed by atoms with E-state index in [4.69, 9.17) is 0 Å². The molecule has 0 N–H and O–H groups in total. The maximum atomic E-state index is 13.0. The van der Waals surface area contributed by atoms with E-state index < -0.39 is 0 Å². The van der Waals surface area contributed by atoms with E-state index in [-0.39, 0.29) is 5.92 Å². The molecule has 1 saturated heterocycles. The number of benzene rings is 1. The first kappa shape index (κ1) is 16.3. The topological polar surface area (TPSA) is 54.3 Å². The van der Waals surface area contributed by atoms with Gasteiger partial charge in [0.1, 0.15) is 12.2 Å². The van der Waals surface area contributed by atoms with Crippen LogP contribution in [0.3, 0.4) is 0 Å². The van der Waals surface area contributed by atoms with Gasteiger partial charge in [-0.3, -0.25) is 14.4 Å². The predicted octanol–water partition coefficient (Wildman–Crippen LogP) is 1.61. The molecule has 1 aromatic heterocycles. The summed E-state index contributed by atoms with van der Waals surface area (Å²) < 4.78 is 1.81. The number of carbonyl (C=O) groups is 1. The Labute approximate surface area is 148 Å². The van der Waals surface area contributed by atoms with Crippen LogP contribution in [0.1, 0.15) is 29.8 Å². The second kappa shape index (κ2) is 6.96. The van der Waals surface area contributed by atoms with E-state index in [1.807, 2.05) is 11.7 Å². The minimum absolute atomic E-state index is 0.104. The van der Waals surface area contributed by atoms with E-state index in [0.29, 0.717) is 5.91 Å². The van der Waals surface area contributed by atoms with Crippen molar-refractivity contribution in [2.75, 3.05) is 19.6 Å². The first-order valence-corrected chi connectivity index (χ1v) is 9.11. The number of likely N-dealkylation sites (tertiary alicyclic amines) is 1. The van der Waals surface area contributed by atoms with Crippen molar-refractivity contribution >= 4 is 5.91 Å². The number of aromatic nitrogens is 3. The van der Waals surface area contributed by atoms with E-state index in [9.17, 15) is 4.79 Å². The molecule has 1 atom stereocenters. The van der Waals surface area contributed by atoms with Crippen LogP contribution in [0, 0.1) is 5.92 Å². The van der Waals surface area contributed by atoms with Crippen LogP contribution in [0.4, 0.5) is 0 Å². The van der Waals surface area contributed by atoms with Gasteiger partial charge < -0.3 is 4.90 Å². The van der Waals surface area contributed by atoms with Crippen LogP contribution in [0.5, 0.6) is 0 Å². The lowest BCUT2D eigenvalue weighted by molar-refractivity contribution is -0.138. The van der Waals surface area contributed by atoms with Crippen molar-refractivity contribution in [3.8, 4) is 0 Å². The maximum absolute atomic E-state index is 13.0. The fourth-order valence-electron chi connectivity index (χ4n) is 4.01. The summed E-state index contributed by atoms with van der Waals surface area (Å²) in [7, 11) is 1.92. The zero-order valence-corrected chi connectivity index (χ0v) is 14.8. The Morgan fingerprint density at radius 3 is 2.88 bits per heavy atom. The van der Waals surface area contributed by atoms with Crippen molar-refractivity contribution in [2.45, 2.75) is 32.4 Å². The highest BCUT2D eigenvalue weighted by atomic mass is 16.2. The van der Waals surface area contributed by atoms with Crippen molar-refractivity contribution in [1.82, 2.24) is 24.6 Å².